The van der Waals surface area contributed by atoms with Gasteiger partial charge in [0, 0.05) is 10.4 Å². The lowest BCUT2D eigenvalue weighted by atomic mass is 10.3. The predicted octanol–water partition coefficient (Wildman–Crippen LogP) is 2.37. The smallest absolute Gasteiger partial charge is 0.355 e. The van der Waals surface area contributed by atoms with Gasteiger partial charge in [0.05, 0.1) is 25.0 Å². The highest BCUT2D eigenvalue weighted by Gasteiger charge is 2.17. The first-order chi connectivity index (χ1) is 11.6. The van der Waals surface area contributed by atoms with Gasteiger partial charge in [0.15, 0.2) is 0 Å². The molecule has 7 nitrogen and oxygen atoms in total. The molecule has 3 rings (SSSR count). The molecule has 9 heteroatoms. The van der Waals surface area contributed by atoms with Crippen LogP contribution in [0.15, 0.2) is 40.6 Å². The third-order valence-corrected chi connectivity index (χ3v) is 4.23. The van der Waals surface area contributed by atoms with Crippen molar-refractivity contribution in [1.29, 1.82) is 0 Å². The van der Waals surface area contributed by atoms with Crippen molar-refractivity contribution in [2.75, 3.05) is 6.61 Å². The molecule has 1 aromatic carbocycles. The summed E-state index contributed by atoms with van der Waals surface area (Å²) in [7, 11) is 0. The zero-order valence-corrected chi connectivity index (χ0v) is 14.3. The lowest BCUT2D eigenvalue weighted by molar-refractivity contribution is 0.0514. The topological polar surface area (TPSA) is 79.0 Å². The lowest BCUT2D eigenvalue weighted by Gasteiger charge is -2.04. The Hall–Kier alpha value is -2.45. The highest BCUT2D eigenvalue weighted by Crippen LogP contribution is 2.13. The van der Waals surface area contributed by atoms with Crippen molar-refractivity contribution in [2.45, 2.75) is 13.5 Å². The fourth-order valence-corrected chi connectivity index (χ4v) is 2.95. The first kappa shape index (κ1) is 16.4. The van der Waals surface area contributed by atoms with Gasteiger partial charge in [-0.15, -0.1) is 5.10 Å². The number of nitrogens with zero attached hydrogens (tertiary/aromatic N) is 4. The standard InChI is InChI=1S/C15H13ClN4O3S/c1-2-23-14(21)13-9-24-15(22)19(13)7-11-8-20(18-17-11)12-5-3-10(16)4-6-12/h3-6,8-9H,2,7H2,1H3. The number of esters is 1. The van der Waals surface area contributed by atoms with E-state index in [1.54, 1.807) is 29.9 Å². The summed E-state index contributed by atoms with van der Waals surface area (Å²) < 4.78 is 7.87. The lowest BCUT2D eigenvalue weighted by Crippen LogP contribution is -2.21. The summed E-state index contributed by atoms with van der Waals surface area (Å²) in [6, 6.07) is 7.12. The molecule has 0 aliphatic rings. The number of carbonyl (C=O) groups is 1. The third kappa shape index (κ3) is 3.39. The molecule has 0 unspecified atom stereocenters. The third-order valence-electron chi connectivity index (χ3n) is 3.22. The quantitative estimate of drug-likeness (QED) is 0.649. The van der Waals surface area contributed by atoms with E-state index in [0.717, 1.165) is 17.0 Å². The first-order valence-corrected chi connectivity index (χ1v) is 8.37. The minimum atomic E-state index is -0.527. The molecule has 0 fully saturated rings. The zero-order valence-electron chi connectivity index (χ0n) is 12.7. The van der Waals surface area contributed by atoms with Crippen molar-refractivity contribution in [1.82, 2.24) is 19.6 Å². The minimum Gasteiger partial charge on any atom is -0.461 e. The maximum atomic E-state index is 12.0. The number of carbonyl (C=O) groups excluding carboxylic acids is 1. The predicted molar refractivity (Wildman–Crippen MR) is 90.0 cm³/mol. The van der Waals surface area contributed by atoms with Crippen LogP contribution in [0.25, 0.3) is 5.69 Å². The van der Waals surface area contributed by atoms with Crippen LogP contribution in [0.1, 0.15) is 23.1 Å². The van der Waals surface area contributed by atoms with Gasteiger partial charge in [-0.1, -0.05) is 28.2 Å². The molecule has 0 bridgehead atoms. The number of thiazole rings is 1. The molecule has 2 aromatic heterocycles. The van der Waals surface area contributed by atoms with E-state index in [1.165, 1.54) is 9.95 Å². The molecule has 0 saturated heterocycles. The Morgan fingerprint density at radius 2 is 2.08 bits per heavy atom. The first-order valence-electron chi connectivity index (χ1n) is 7.11. The van der Waals surface area contributed by atoms with E-state index in [2.05, 4.69) is 10.3 Å². The van der Waals surface area contributed by atoms with Crippen molar-refractivity contribution in [3.63, 3.8) is 0 Å². The minimum absolute atomic E-state index is 0.143. The van der Waals surface area contributed by atoms with E-state index < -0.39 is 5.97 Å². The van der Waals surface area contributed by atoms with Crippen LogP contribution in [0.2, 0.25) is 5.02 Å². The average Bonchev–Trinajstić information content (AvgIpc) is 3.17. The molecule has 0 N–H and O–H groups in total. The number of rotatable bonds is 5. The van der Waals surface area contributed by atoms with E-state index in [0.29, 0.717) is 10.7 Å². The monoisotopic (exact) mass is 364 g/mol. The van der Waals surface area contributed by atoms with Crippen LogP contribution in [0.4, 0.5) is 0 Å². The van der Waals surface area contributed by atoms with Crippen LogP contribution >= 0.6 is 22.9 Å². The summed E-state index contributed by atoms with van der Waals surface area (Å²) in [4.78, 5) is 23.6. The van der Waals surface area contributed by atoms with E-state index in [-0.39, 0.29) is 23.7 Å². The molecular weight excluding hydrogens is 352 g/mol. The Morgan fingerprint density at radius 1 is 1.33 bits per heavy atom. The number of ether oxygens (including phenoxy) is 1. The van der Waals surface area contributed by atoms with Gasteiger partial charge in [-0.05, 0) is 31.2 Å². The van der Waals surface area contributed by atoms with Crippen molar-refractivity contribution < 1.29 is 9.53 Å². The van der Waals surface area contributed by atoms with Crippen molar-refractivity contribution >= 4 is 28.9 Å². The van der Waals surface area contributed by atoms with Crippen LogP contribution < -0.4 is 4.87 Å². The number of hydrogen-bond acceptors (Lipinski definition) is 6. The summed E-state index contributed by atoms with van der Waals surface area (Å²) in [5.41, 5.74) is 1.56. The second-order valence-corrected chi connectivity index (χ2v) is 6.08. The van der Waals surface area contributed by atoms with Gasteiger partial charge < -0.3 is 4.74 Å². The van der Waals surface area contributed by atoms with E-state index >= 15 is 0 Å². The van der Waals surface area contributed by atoms with Crippen LogP contribution in [-0.4, -0.2) is 32.1 Å². The maximum Gasteiger partial charge on any atom is 0.355 e. The fourth-order valence-electron chi connectivity index (χ4n) is 2.10. The van der Waals surface area contributed by atoms with E-state index in [4.69, 9.17) is 16.3 Å². The van der Waals surface area contributed by atoms with Crippen LogP contribution in [0.5, 0.6) is 0 Å². The SMILES string of the molecule is CCOC(=O)c1csc(=O)n1Cc1cn(-c2ccc(Cl)cc2)nn1. The normalized spacial score (nSPS) is 10.8. The van der Waals surface area contributed by atoms with E-state index in [1.807, 2.05) is 12.1 Å². The van der Waals surface area contributed by atoms with Crippen LogP contribution in [-0.2, 0) is 11.3 Å². The molecule has 0 saturated carbocycles. The van der Waals surface area contributed by atoms with Gasteiger partial charge in [-0.25, -0.2) is 9.48 Å². The van der Waals surface area contributed by atoms with Crippen molar-refractivity contribution in [3.8, 4) is 5.69 Å². The summed E-state index contributed by atoms with van der Waals surface area (Å²) in [5.74, 6) is -0.527. The molecule has 24 heavy (non-hydrogen) atoms. The Kier molecular flexibility index (Phi) is 4.77. The van der Waals surface area contributed by atoms with Crippen molar-refractivity contribution in [3.05, 3.63) is 61.9 Å². The molecule has 0 spiro atoms. The summed E-state index contributed by atoms with van der Waals surface area (Å²) in [5, 5.41) is 10.2. The number of halogens is 1. The second kappa shape index (κ2) is 6.98. The highest BCUT2D eigenvalue weighted by atomic mass is 35.5. The number of aromatic nitrogens is 4. The summed E-state index contributed by atoms with van der Waals surface area (Å²) >= 11 is 6.81. The highest BCUT2D eigenvalue weighted by molar-refractivity contribution is 7.07. The number of benzene rings is 1. The largest absolute Gasteiger partial charge is 0.461 e. The van der Waals surface area contributed by atoms with Crippen LogP contribution in [0.3, 0.4) is 0 Å². The Morgan fingerprint density at radius 3 is 2.79 bits per heavy atom. The molecule has 3 aromatic rings. The molecule has 0 radical (unpaired) electrons. The average molecular weight is 365 g/mol. The molecular formula is C15H13ClN4O3S. The van der Waals surface area contributed by atoms with Crippen molar-refractivity contribution in [2.24, 2.45) is 0 Å². The molecule has 2 heterocycles. The second-order valence-electron chi connectivity index (χ2n) is 4.82. The molecule has 124 valence electrons. The van der Waals surface area contributed by atoms with Gasteiger partial charge >= 0.3 is 10.8 Å². The fraction of sp³-hybridized carbons (Fsp3) is 0.200. The van der Waals surface area contributed by atoms with Gasteiger partial charge in [-0.3, -0.25) is 9.36 Å². The van der Waals surface area contributed by atoms with Gasteiger partial charge in [0.25, 0.3) is 0 Å². The number of hydrogen-bond donors (Lipinski definition) is 0. The molecule has 0 atom stereocenters. The van der Waals surface area contributed by atoms with Gasteiger partial charge in [-0.2, -0.15) is 0 Å². The summed E-state index contributed by atoms with van der Waals surface area (Å²) in [6.07, 6.45) is 1.70. The summed E-state index contributed by atoms with van der Waals surface area (Å²) in [6.45, 7) is 2.10. The molecule has 0 aliphatic heterocycles. The van der Waals surface area contributed by atoms with Gasteiger partial charge in [0.2, 0.25) is 0 Å². The zero-order chi connectivity index (χ0) is 17.1. The van der Waals surface area contributed by atoms with Crippen LogP contribution in [0, 0.1) is 0 Å². The maximum absolute atomic E-state index is 12.0. The molecule has 0 amide bonds. The molecule has 0 aliphatic carbocycles. The Labute approximate surface area is 146 Å². The Balaban J connectivity index is 1.85. The van der Waals surface area contributed by atoms with Gasteiger partial charge in [0.1, 0.15) is 11.4 Å². The van der Waals surface area contributed by atoms with E-state index in [9.17, 15) is 9.59 Å². The Bertz CT molecular complexity index is 913.